The maximum absolute atomic E-state index is 2.37. The summed E-state index contributed by atoms with van der Waals surface area (Å²) in [5.74, 6) is 0. The second kappa shape index (κ2) is 4.52. The highest BCUT2D eigenvalue weighted by Gasteiger charge is 2.28. The van der Waals surface area contributed by atoms with Gasteiger partial charge in [-0.2, -0.15) is 4.57 Å². The smallest absolute Gasteiger partial charge is 0.193 e. The van der Waals surface area contributed by atoms with Crippen LogP contribution < -0.4 is 4.57 Å². The molecule has 0 unspecified atom stereocenters. The van der Waals surface area contributed by atoms with E-state index in [-0.39, 0.29) is 0 Å². The molecule has 3 heterocycles. The van der Waals surface area contributed by atoms with Crippen molar-refractivity contribution in [2.24, 2.45) is 0 Å². The number of hydrogen-bond donors (Lipinski definition) is 0. The van der Waals surface area contributed by atoms with E-state index in [2.05, 4.69) is 77.5 Å². The van der Waals surface area contributed by atoms with E-state index in [0.717, 1.165) is 6.54 Å². The first kappa shape index (κ1) is 12.1. The van der Waals surface area contributed by atoms with Crippen molar-refractivity contribution >= 4 is 21.4 Å². The number of fused-ring (bicyclic) bond motifs is 5. The molecular weight excluding hydrogens is 286 g/mol. The van der Waals surface area contributed by atoms with E-state index in [1.165, 1.54) is 37.3 Å². The minimum absolute atomic E-state index is 0.984. The van der Waals surface area contributed by atoms with Crippen molar-refractivity contribution in [3.8, 4) is 21.7 Å². The van der Waals surface area contributed by atoms with Crippen LogP contribution in [0, 0.1) is 0 Å². The first-order chi connectivity index (χ1) is 10.9. The van der Waals surface area contributed by atoms with Crippen LogP contribution in [0.5, 0.6) is 0 Å². The van der Waals surface area contributed by atoms with Crippen molar-refractivity contribution in [1.82, 2.24) is 0 Å². The number of aromatic nitrogens is 1. The van der Waals surface area contributed by atoms with Crippen LogP contribution in [0.25, 0.3) is 31.8 Å². The molecule has 2 aromatic heterocycles. The Kier molecular flexibility index (Phi) is 2.49. The van der Waals surface area contributed by atoms with Gasteiger partial charge in [-0.15, -0.1) is 11.3 Å². The van der Waals surface area contributed by atoms with Crippen LogP contribution in [0.2, 0.25) is 0 Å². The Labute approximate surface area is 133 Å². The predicted molar refractivity (Wildman–Crippen MR) is 92.0 cm³/mol. The van der Waals surface area contributed by atoms with Crippen molar-refractivity contribution in [2.45, 2.75) is 6.54 Å². The Hall–Kier alpha value is -2.45. The summed E-state index contributed by atoms with van der Waals surface area (Å²) in [6.07, 6.45) is 2.23. The van der Waals surface area contributed by atoms with E-state index in [0.29, 0.717) is 0 Å². The molecule has 0 saturated heterocycles. The maximum Gasteiger partial charge on any atom is 0.222 e. The standard InChI is InChI=1S/C20H14NS/c1-2-6-14(7-3-1)19-12-17-18(22-19)10-11-21-13-15-8-4-5-9-16(15)20(17)21/h1-12H,13H2/q+1. The largest absolute Gasteiger partial charge is 0.222 e. The van der Waals surface area contributed by atoms with Gasteiger partial charge < -0.3 is 0 Å². The normalized spacial score (nSPS) is 12.4. The predicted octanol–water partition coefficient (Wildman–Crippen LogP) is 4.88. The molecule has 0 aliphatic carbocycles. The lowest BCUT2D eigenvalue weighted by molar-refractivity contribution is -0.670. The summed E-state index contributed by atoms with van der Waals surface area (Å²) in [6.45, 7) is 0.984. The van der Waals surface area contributed by atoms with Gasteiger partial charge in [0.05, 0.1) is 10.9 Å². The van der Waals surface area contributed by atoms with Crippen molar-refractivity contribution in [1.29, 1.82) is 0 Å². The van der Waals surface area contributed by atoms with Crippen LogP contribution in [0.3, 0.4) is 0 Å². The average Bonchev–Trinajstić information content (AvgIpc) is 3.16. The Balaban J connectivity index is 1.80. The van der Waals surface area contributed by atoms with Crippen LogP contribution in [-0.4, -0.2) is 0 Å². The van der Waals surface area contributed by atoms with E-state index in [1.54, 1.807) is 0 Å². The van der Waals surface area contributed by atoms with E-state index in [1.807, 2.05) is 11.3 Å². The SMILES string of the molecule is c1ccc(-c2cc3c4[n+](ccc3s2)Cc2ccccc2-4)cc1. The number of benzene rings is 2. The molecule has 2 aromatic carbocycles. The van der Waals surface area contributed by atoms with Crippen LogP contribution in [0.4, 0.5) is 0 Å². The molecule has 1 nitrogen and oxygen atoms in total. The molecule has 0 fully saturated rings. The third kappa shape index (κ3) is 1.68. The summed E-state index contributed by atoms with van der Waals surface area (Å²) in [4.78, 5) is 1.34. The molecule has 2 heteroatoms. The van der Waals surface area contributed by atoms with Crippen LogP contribution in [0.15, 0.2) is 72.9 Å². The fourth-order valence-corrected chi connectivity index (χ4v) is 4.41. The molecule has 0 bridgehead atoms. The zero-order chi connectivity index (χ0) is 14.5. The molecule has 0 amide bonds. The topological polar surface area (TPSA) is 3.88 Å². The van der Waals surface area contributed by atoms with Crippen molar-refractivity contribution < 1.29 is 4.57 Å². The highest BCUT2D eigenvalue weighted by atomic mass is 32.1. The van der Waals surface area contributed by atoms with Crippen LogP contribution in [-0.2, 0) is 6.54 Å². The summed E-state index contributed by atoms with van der Waals surface area (Å²) in [6, 6.07) is 24.0. The number of thiophene rings is 1. The third-order valence-corrected chi connectivity index (χ3v) is 5.53. The van der Waals surface area contributed by atoms with E-state index < -0.39 is 0 Å². The van der Waals surface area contributed by atoms with E-state index in [9.17, 15) is 0 Å². The monoisotopic (exact) mass is 300 g/mol. The van der Waals surface area contributed by atoms with E-state index >= 15 is 0 Å². The molecule has 0 spiro atoms. The molecule has 0 saturated carbocycles. The van der Waals surface area contributed by atoms with E-state index in [4.69, 9.17) is 0 Å². The second-order valence-corrected chi connectivity index (χ2v) is 6.79. The second-order valence-electron chi connectivity index (χ2n) is 5.70. The minimum Gasteiger partial charge on any atom is -0.193 e. The summed E-state index contributed by atoms with van der Waals surface area (Å²) in [5.41, 5.74) is 5.47. The number of hydrogen-bond acceptors (Lipinski definition) is 1. The van der Waals surface area contributed by atoms with Crippen LogP contribution in [0.1, 0.15) is 5.56 Å². The average molecular weight is 300 g/mol. The third-order valence-electron chi connectivity index (χ3n) is 4.38. The maximum atomic E-state index is 2.37. The molecule has 1 aliphatic rings. The highest BCUT2D eigenvalue weighted by molar-refractivity contribution is 7.22. The Morgan fingerprint density at radius 3 is 2.59 bits per heavy atom. The molecule has 5 rings (SSSR count). The van der Waals surface area contributed by atoms with Gasteiger partial charge in [0.1, 0.15) is 0 Å². The van der Waals surface area contributed by atoms with Gasteiger partial charge in [0.25, 0.3) is 0 Å². The summed E-state index contributed by atoms with van der Waals surface area (Å²) >= 11 is 1.88. The van der Waals surface area contributed by atoms with Gasteiger partial charge >= 0.3 is 0 Å². The fraction of sp³-hybridized carbons (Fsp3) is 0.0500. The van der Waals surface area contributed by atoms with Gasteiger partial charge in [-0.05, 0) is 17.7 Å². The summed E-state index contributed by atoms with van der Waals surface area (Å²) in [5, 5.41) is 1.37. The van der Waals surface area contributed by atoms with Gasteiger partial charge in [0.2, 0.25) is 5.69 Å². The Morgan fingerprint density at radius 2 is 1.68 bits per heavy atom. The molecule has 0 atom stereocenters. The Bertz CT molecular complexity index is 999. The van der Waals surface area contributed by atoms with Gasteiger partial charge in [-0.1, -0.05) is 48.5 Å². The lowest BCUT2D eigenvalue weighted by Crippen LogP contribution is -2.31. The number of pyridine rings is 1. The zero-order valence-electron chi connectivity index (χ0n) is 12.0. The highest BCUT2D eigenvalue weighted by Crippen LogP contribution is 2.39. The number of nitrogens with zero attached hydrogens (tertiary/aromatic N) is 1. The minimum atomic E-state index is 0.984. The molecule has 0 N–H and O–H groups in total. The molecule has 4 aromatic rings. The van der Waals surface area contributed by atoms with Gasteiger partial charge in [0, 0.05) is 21.2 Å². The lowest BCUT2D eigenvalue weighted by Gasteiger charge is -1.95. The number of rotatable bonds is 1. The molecule has 104 valence electrons. The molecule has 0 radical (unpaired) electrons. The Morgan fingerprint density at radius 1 is 0.864 bits per heavy atom. The first-order valence-electron chi connectivity index (χ1n) is 7.50. The molecule has 22 heavy (non-hydrogen) atoms. The van der Waals surface area contributed by atoms with Crippen molar-refractivity contribution in [3.05, 3.63) is 78.5 Å². The van der Waals surface area contributed by atoms with Gasteiger partial charge in [0.15, 0.2) is 12.7 Å². The summed E-state index contributed by atoms with van der Waals surface area (Å²) < 4.78 is 3.73. The summed E-state index contributed by atoms with van der Waals surface area (Å²) in [7, 11) is 0. The molecular formula is C20H14NS+. The lowest BCUT2D eigenvalue weighted by atomic mass is 10.0. The quantitative estimate of drug-likeness (QED) is 0.388. The first-order valence-corrected chi connectivity index (χ1v) is 8.31. The van der Waals surface area contributed by atoms with Crippen molar-refractivity contribution in [2.75, 3.05) is 0 Å². The van der Waals surface area contributed by atoms with Gasteiger partial charge in [-0.3, -0.25) is 0 Å². The fourth-order valence-electron chi connectivity index (χ4n) is 3.35. The zero-order valence-corrected chi connectivity index (χ0v) is 12.8. The molecule has 1 aliphatic heterocycles. The van der Waals surface area contributed by atoms with Crippen LogP contribution >= 0.6 is 11.3 Å². The van der Waals surface area contributed by atoms with Crippen molar-refractivity contribution in [3.63, 3.8) is 0 Å². The van der Waals surface area contributed by atoms with Gasteiger partial charge in [-0.25, -0.2) is 0 Å².